The van der Waals surface area contributed by atoms with E-state index in [-0.39, 0.29) is 36.6 Å². The van der Waals surface area contributed by atoms with Gasteiger partial charge in [-0.3, -0.25) is 9.59 Å². The van der Waals surface area contributed by atoms with Gasteiger partial charge in [-0.2, -0.15) is 13.2 Å². The van der Waals surface area contributed by atoms with Crippen LogP contribution in [0.15, 0.2) is 41.0 Å². The zero-order valence-corrected chi connectivity index (χ0v) is 17.5. The molecule has 0 saturated carbocycles. The number of ether oxygens (including phenoxy) is 1. The lowest BCUT2D eigenvalue weighted by Crippen LogP contribution is -2.62. The van der Waals surface area contributed by atoms with Gasteiger partial charge in [-0.05, 0) is 42.3 Å². The van der Waals surface area contributed by atoms with Crippen molar-refractivity contribution in [2.24, 2.45) is 5.92 Å². The minimum atomic E-state index is -4.46. The van der Waals surface area contributed by atoms with Crippen molar-refractivity contribution in [3.05, 3.63) is 53.5 Å². The number of fused-ring (bicyclic) bond motifs is 3. The number of alkyl halides is 3. The Labute approximate surface area is 183 Å². The monoisotopic (exact) mass is 451 g/mol. The van der Waals surface area contributed by atoms with Crippen LogP contribution < -0.4 is 10.2 Å². The molecule has 1 saturated heterocycles. The molecule has 4 rings (SSSR count). The third-order valence-corrected chi connectivity index (χ3v) is 6.00. The molecule has 2 amide bonds. The normalized spacial score (nSPS) is 20.5. The Morgan fingerprint density at radius 2 is 2.06 bits per heavy atom. The van der Waals surface area contributed by atoms with Gasteiger partial charge in [0.25, 0.3) is 5.91 Å². The summed E-state index contributed by atoms with van der Waals surface area (Å²) in [5, 5.41) is 2.80. The topological polar surface area (TPSA) is 75.0 Å². The Kier molecular flexibility index (Phi) is 6.14. The molecule has 0 aliphatic carbocycles. The lowest BCUT2D eigenvalue weighted by atomic mass is 9.82. The highest BCUT2D eigenvalue weighted by Crippen LogP contribution is 2.39. The molecule has 0 unspecified atom stereocenters. The SMILES string of the molecule is COCCNC(=O)[C@H]1Cc2cc(C(F)(F)F)ccc2N2CCN(C(=O)c3ccco3)C[C@@H]12. The van der Waals surface area contributed by atoms with E-state index in [0.717, 1.165) is 12.1 Å². The summed E-state index contributed by atoms with van der Waals surface area (Å²) in [6.45, 7) is 1.65. The fourth-order valence-corrected chi connectivity index (χ4v) is 4.45. The highest BCUT2D eigenvalue weighted by Gasteiger charge is 2.43. The van der Waals surface area contributed by atoms with Gasteiger partial charge in [0, 0.05) is 39.0 Å². The van der Waals surface area contributed by atoms with Crippen molar-refractivity contribution in [2.45, 2.75) is 18.6 Å². The van der Waals surface area contributed by atoms with Crippen LogP contribution in [0.2, 0.25) is 0 Å². The fraction of sp³-hybridized carbons (Fsp3) is 0.455. The molecular formula is C22H24F3N3O4. The third kappa shape index (κ3) is 4.32. The fourth-order valence-electron chi connectivity index (χ4n) is 4.45. The number of hydrogen-bond donors (Lipinski definition) is 1. The molecule has 1 aromatic heterocycles. The van der Waals surface area contributed by atoms with E-state index in [9.17, 15) is 22.8 Å². The van der Waals surface area contributed by atoms with Crippen molar-refractivity contribution in [3.8, 4) is 0 Å². The maximum Gasteiger partial charge on any atom is 0.416 e. The van der Waals surface area contributed by atoms with E-state index in [2.05, 4.69) is 5.32 Å². The number of amides is 2. The summed E-state index contributed by atoms with van der Waals surface area (Å²) >= 11 is 0. The first-order valence-electron chi connectivity index (χ1n) is 10.4. The molecule has 3 heterocycles. The van der Waals surface area contributed by atoms with Gasteiger partial charge in [-0.1, -0.05) is 0 Å². The average molecular weight is 451 g/mol. The molecule has 2 aliphatic heterocycles. The first-order valence-corrected chi connectivity index (χ1v) is 10.4. The minimum Gasteiger partial charge on any atom is -0.459 e. The van der Waals surface area contributed by atoms with Crippen molar-refractivity contribution in [2.75, 3.05) is 44.8 Å². The van der Waals surface area contributed by atoms with Crippen LogP contribution in [0.3, 0.4) is 0 Å². The number of carbonyl (C=O) groups is 2. The average Bonchev–Trinajstić information content (AvgIpc) is 3.31. The molecule has 7 nitrogen and oxygen atoms in total. The molecule has 0 radical (unpaired) electrons. The summed E-state index contributed by atoms with van der Waals surface area (Å²) in [6.07, 6.45) is -2.89. The van der Waals surface area contributed by atoms with Crippen molar-refractivity contribution >= 4 is 17.5 Å². The molecule has 32 heavy (non-hydrogen) atoms. The van der Waals surface area contributed by atoms with Crippen molar-refractivity contribution < 1.29 is 31.9 Å². The van der Waals surface area contributed by atoms with Crippen molar-refractivity contribution in [1.82, 2.24) is 10.2 Å². The number of piperazine rings is 1. The van der Waals surface area contributed by atoms with Crippen LogP contribution in [-0.2, 0) is 22.1 Å². The second-order valence-electron chi connectivity index (χ2n) is 7.92. The number of carbonyl (C=O) groups excluding carboxylic acids is 2. The molecule has 1 fully saturated rings. The number of halogens is 3. The van der Waals surface area contributed by atoms with E-state index >= 15 is 0 Å². The molecule has 0 bridgehead atoms. The molecule has 10 heteroatoms. The van der Waals surface area contributed by atoms with Gasteiger partial charge in [-0.25, -0.2) is 0 Å². The molecule has 1 N–H and O–H groups in total. The van der Waals surface area contributed by atoms with Gasteiger partial charge in [0.15, 0.2) is 5.76 Å². The molecule has 172 valence electrons. The van der Waals surface area contributed by atoms with Gasteiger partial charge in [0.1, 0.15) is 0 Å². The van der Waals surface area contributed by atoms with Crippen molar-refractivity contribution in [3.63, 3.8) is 0 Å². The lowest BCUT2D eigenvalue weighted by molar-refractivity contribution is -0.137. The lowest BCUT2D eigenvalue weighted by Gasteiger charge is -2.49. The number of nitrogens with one attached hydrogen (secondary N) is 1. The number of methoxy groups -OCH3 is 1. The molecule has 0 spiro atoms. The molecule has 2 atom stereocenters. The summed E-state index contributed by atoms with van der Waals surface area (Å²) in [4.78, 5) is 29.4. The largest absolute Gasteiger partial charge is 0.459 e. The number of hydrogen-bond acceptors (Lipinski definition) is 5. The van der Waals surface area contributed by atoms with E-state index in [1.54, 1.807) is 17.0 Å². The Balaban J connectivity index is 1.63. The first-order chi connectivity index (χ1) is 15.3. The van der Waals surface area contributed by atoms with Crippen LogP contribution in [0.4, 0.5) is 18.9 Å². The van der Waals surface area contributed by atoms with Crippen LogP contribution in [0.5, 0.6) is 0 Å². The first kappa shape index (κ1) is 22.2. The highest BCUT2D eigenvalue weighted by atomic mass is 19.4. The van der Waals surface area contributed by atoms with Gasteiger partial charge in [-0.15, -0.1) is 0 Å². The van der Waals surface area contributed by atoms with Crippen molar-refractivity contribution in [1.29, 1.82) is 0 Å². The smallest absolute Gasteiger partial charge is 0.416 e. The Hall–Kier alpha value is -3.01. The van der Waals surface area contributed by atoms with Crippen LogP contribution in [0.1, 0.15) is 21.7 Å². The zero-order valence-electron chi connectivity index (χ0n) is 17.5. The Morgan fingerprint density at radius 3 is 2.75 bits per heavy atom. The second kappa shape index (κ2) is 8.85. The van der Waals surface area contributed by atoms with E-state index in [1.165, 1.54) is 19.4 Å². The summed E-state index contributed by atoms with van der Waals surface area (Å²) in [6, 6.07) is 6.50. The summed E-state index contributed by atoms with van der Waals surface area (Å²) in [5.74, 6) is -0.945. The quantitative estimate of drug-likeness (QED) is 0.708. The van der Waals surface area contributed by atoms with Crippen LogP contribution in [0.25, 0.3) is 0 Å². The zero-order chi connectivity index (χ0) is 22.9. The number of furan rings is 1. The van der Waals surface area contributed by atoms with E-state index in [0.29, 0.717) is 37.5 Å². The Morgan fingerprint density at radius 1 is 1.25 bits per heavy atom. The Bertz CT molecular complexity index is 977. The molecule has 2 aromatic rings. The number of benzene rings is 1. The maximum absolute atomic E-state index is 13.3. The predicted molar refractivity (Wildman–Crippen MR) is 109 cm³/mol. The molecule has 1 aromatic carbocycles. The van der Waals surface area contributed by atoms with E-state index < -0.39 is 17.7 Å². The molecule has 2 aliphatic rings. The van der Waals surface area contributed by atoms with Gasteiger partial charge in [0.05, 0.1) is 30.4 Å². The predicted octanol–water partition coefficient (Wildman–Crippen LogP) is 2.56. The van der Waals surface area contributed by atoms with E-state index in [4.69, 9.17) is 9.15 Å². The van der Waals surface area contributed by atoms with E-state index in [1.807, 2.05) is 4.90 Å². The minimum absolute atomic E-state index is 0.155. The summed E-state index contributed by atoms with van der Waals surface area (Å²) in [5.41, 5.74) is 0.419. The number of rotatable bonds is 5. The van der Waals surface area contributed by atoms with Crippen LogP contribution in [-0.4, -0.2) is 62.7 Å². The van der Waals surface area contributed by atoms with Crippen LogP contribution in [0, 0.1) is 5.92 Å². The summed E-state index contributed by atoms with van der Waals surface area (Å²) in [7, 11) is 1.52. The van der Waals surface area contributed by atoms with Crippen LogP contribution >= 0.6 is 0 Å². The second-order valence-corrected chi connectivity index (χ2v) is 7.92. The number of anilines is 1. The number of nitrogens with zero attached hydrogens (tertiary/aromatic N) is 2. The van der Waals surface area contributed by atoms with Gasteiger partial charge >= 0.3 is 6.18 Å². The van der Waals surface area contributed by atoms with Gasteiger partial charge in [0.2, 0.25) is 5.91 Å². The van der Waals surface area contributed by atoms with Gasteiger partial charge < -0.3 is 24.3 Å². The standard InChI is InChI=1S/C22H24F3N3O4/c1-31-10-6-26-20(29)16-12-14-11-15(22(23,24)25)4-5-17(14)28-8-7-27(13-18(16)28)21(30)19-3-2-9-32-19/h2-5,9,11,16,18H,6-8,10,12-13H2,1H3,(H,26,29)/t16-,18-/m0/s1. The maximum atomic E-state index is 13.3. The highest BCUT2D eigenvalue weighted by molar-refractivity contribution is 5.92. The third-order valence-electron chi connectivity index (χ3n) is 6.00. The molecular weight excluding hydrogens is 427 g/mol. The summed E-state index contributed by atoms with van der Waals surface area (Å²) < 4.78 is 50.0.